The number of aliphatic hydroxyl groups is 1. The van der Waals surface area contributed by atoms with Crippen LogP contribution in [0.1, 0.15) is 23.1 Å². The second kappa shape index (κ2) is 5.24. The van der Waals surface area contributed by atoms with Gasteiger partial charge in [-0.15, -0.1) is 0 Å². The fourth-order valence-electron chi connectivity index (χ4n) is 2.49. The number of hydrogen-bond donors (Lipinski definition) is 1. The molecule has 2 aromatic rings. The number of ether oxygens (including phenoxy) is 1. The molecule has 0 heterocycles. The highest BCUT2D eigenvalue weighted by Crippen LogP contribution is 2.31. The summed E-state index contributed by atoms with van der Waals surface area (Å²) in [6.45, 7) is -0.0581. The lowest BCUT2D eigenvalue weighted by molar-refractivity contribution is 0.276. The molecule has 0 spiro atoms. The first-order valence-corrected chi connectivity index (χ1v) is 6.83. The molecule has 1 aliphatic carbocycles. The predicted molar refractivity (Wildman–Crippen MR) is 75.9 cm³/mol. The smallest absolute Gasteiger partial charge is 0.134 e. The van der Waals surface area contributed by atoms with Gasteiger partial charge in [-0.25, -0.2) is 0 Å². The normalized spacial score (nSPS) is 13.4. The monoisotopic (exact) mass is 274 g/mol. The van der Waals surface area contributed by atoms with Gasteiger partial charge in [-0.05, 0) is 54.7 Å². The van der Waals surface area contributed by atoms with Crippen LogP contribution in [0.2, 0.25) is 5.02 Å². The molecule has 2 nitrogen and oxygen atoms in total. The van der Waals surface area contributed by atoms with Crippen molar-refractivity contribution < 1.29 is 9.84 Å². The molecule has 0 bridgehead atoms. The van der Waals surface area contributed by atoms with Crippen LogP contribution >= 0.6 is 11.6 Å². The highest BCUT2D eigenvalue weighted by atomic mass is 35.5. The summed E-state index contributed by atoms with van der Waals surface area (Å²) in [5.41, 5.74) is 3.52. The Labute approximate surface area is 117 Å². The standard InChI is InChI=1S/C16H15ClO2/c17-14-6-4-13(10-18)16(9-14)19-15-7-5-11-2-1-3-12(11)8-15/h4-9,18H,1-3,10H2. The average molecular weight is 275 g/mol. The van der Waals surface area contributed by atoms with Crippen molar-refractivity contribution in [1.82, 2.24) is 0 Å². The van der Waals surface area contributed by atoms with E-state index in [-0.39, 0.29) is 6.61 Å². The molecule has 1 N–H and O–H groups in total. The van der Waals surface area contributed by atoms with Gasteiger partial charge in [-0.3, -0.25) is 0 Å². The number of benzene rings is 2. The molecular formula is C16H15ClO2. The summed E-state index contributed by atoms with van der Waals surface area (Å²) >= 11 is 5.97. The molecule has 0 unspecified atom stereocenters. The summed E-state index contributed by atoms with van der Waals surface area (Å²) in [6.07, 6.45) is 3.50. The van der Waals surface area contributed by atoms with E-state index in [2.05, 4.69) is 12.1 Å². The number of aryl methyl sites for hydroxylation is 2. The quantitative estimate of drug-likeness (QED) is 0.912. The van der Waals surface area contributed by atoms with Gasteiger partial charge in [-0.1, -0.05) is 23.7 Å². The number of rotatable bonds is 3. The Kier molecular flexibility index (Phi) is 3.45. The summed E-state index contributed by atoms with van der Waals surface area (Å²) in [7, 11) is 0. The SMILES string of the molecule is OCc1ccc(Cl)cc1Oc1ccc2c(c1)CCC2. The van der Waals surface area contributed by atoms with E-state index in [9.17, 15) is 5.11 Å². The maximum Gasteiger partial charge on any atom is 0.134 e. The van der Waals surface area contributed by atoms with E-state index in [1.165, 1.54) is 17.5 Å². The van der Waals surface area contributed by atoms with E-state index >= 15 is 0 Å². The topological polar surface area (TPSA) is 29.5 Å². The van der Waals surface area contributed by atoms with Gasteiger partial charge < -0.3 is 9.84 Å². The highest BCUT2D eigenvalue weighted by Gasteiger charge is 2.12. The van der Waals surface area contributed by atoms with Crippen molar-refractivity contribution in [1.29, 1.82) is 0 Å². The third kappa shape index (κ3) is 2.60. The summed E-state index contributed by atoms with van der Waals surface area (Å²) in [5.74, 6) is 1.42. The Morgan fingerprint density at radius 3 is 2.74 bits per heavy atom. The van der Waals surface area contributed by atoms with Gasteiger partial charge >= 0.3 is 0 Å². The van der Waals surface area contributed by atoms with Crippen molar-refractivity contribution in [3.05, 3.63) is 58.1 Å². The zero-order valence-electron chi connectivity index (χ0n) is 10.5. The van der Waals surface area contributed by atoms with Crippen LogP contribution in [0.5, 0.6) is 11.5 Å². The molecule has 0 saturated heterocycles. The van der Waals surface area contributed by atoms with Crippen LogP contribution in [0.15, 0.2) is 36.4 Å². The first kappa shape index (κ1) is 12.5. The van der Waals surface area contributed by atoms with Crippen LogP contribution in [0, 0.1) is 0 Å². The van der Waals surface area contributed by atoms with Crippen molar-refractivity contribution >= 4 is 11.6 Å². The highest BCUT2D eigenvalue weighted by molar-refractivity contribution is 6.30. The molecule has 3 rings (SSSR count). The largest absolute Gasteiger partial charge is 0.457 e. The maximum absolute atomic E-state index is 9.32. The summed E-state index contributed by atoms with van der Waals surface area (Å²) in [5, 5.41) is 9.92. The van der Waals surface area contributed by atoms with Gasteiger partial charge in [0.25, 0.3) is 0 Å². The maximum atomic E-state index is 9.32. The third-order valence-corrected chi connectivity index (χ3v) is 3.73. The molecule has 0 fully saturated rings. The second-order valence-electron chi connectivity index (χ2n) is 4.80. The van der Waals surface area contributed by atoms with E-state index in [4.69, 9.17) is 16.3 Å². The molecule has 0 saturated carbocycles. The molecule has 98 valence electrons. The average Bonchev–Trinajstić information content (AvgIpc) is 2.86. The minimum absolute atomic E-state index is 0.0581. The third-order valence-electron chi connectivity index (χ3n) is 3.50. The Balaban J connectivity index is 1.90. The minimum atomic E-state index is -0.0581. The number of aliphatic hydroxyl groups excluding tert-OH is 1. The summed E-state index contributed by atoms with van der Waals surface area (Å²) in [6, 6.07) is 11.5. The van der Waals surface area contributed by atoms with Crippen molar-refractivity contribution in [3.63, 3.8) is 0 Å². The number of hydrogen-bond acceptors (Lipinski definition) is 2. The first-order chi connectivity index (χ1) is 9.26. The first-order valence-electron chi connectivity index (χ1n) is 6.45. The predicted octanol–water partition coefficient (Wildman–Crippen LogP) is 4.11. The van der Waals surface area contributed by atoms with Gasteiger partial charge in [0, 0.05) is 10.6 Å². The molecule has 0 aliphatic heterocycles. The molecule has 0 radical (unpaired) electrons. The Bertz CT molecular complexity index is 608. The zero-order valence-corrected chi connectivity index (χ0v) is 11.3. The van der Waals surface area contributed by atoms with Crippen molar-refractivity contribution in [2.24, 2.45) is 0 Å². The van der Waals surface area contributed by atoms with Crippen molar-refractivity contribution in [2.45, 2.75) is 25.9 Å². The Morgan fingerprint density at radius 2 is 1.89 bits per heavy atom. The Morgan fingerprint density at radius 1 is 1.05 bits per heavy atom. The van der Waals surface area contributed by atoms with E-state index < -0.39 is 0 Å². The van der Waals surface area contributed by atoms with Gasteiger partial charge in [0.05, 0.1) is 6.61 Å². The summed E-state index contributed by atoms with van der Waals surface area (Å²) < 4.78 is 5.86. The van der Waals surface area contributed by atoms with Crippen LogP contribution in [0.25, 0.3) is 0 Å². The van der Waals surface area contributed by atoms with Crippen molar-refractivity contribution in [2.75, 3.05) is 0 Å². The van der Waals surface area contributed by atoms with E-state index in [0.29, 0.717) is 10.8 Å². The number of fused-ring (bicyclic) bond motifs is 1. The van der Waals surface area contributed by atoms with Crippen LogP contribution in [0.4, 0.5) is 0 Å². The molecule has 1 aliphatic rings. The summed E-state index contributed by atoms with van der Waals surface area (Å²) in [4.78, 5) is 0. The molecule has 3 heteroatoms. The van der Waals surface area contributed by atoms with Gasteiger partial charge in [0.2, 0.25) is 0 Å². The van der Waals surface area contributed by atoms with E-state index in [1.54, 1.807) is 18.2 Å². The molecule has 0 atom stereocenters. The van der Waals surface area contributed by atoms with Crippen LogP contribution < -0.4 is 4.74 Å². The fraction of sp³-hybridized carbons (Fsp3) is 0.250. The molecule has 2 aromatic carbocycles. The lowest BCUT2D eigenvalue weighted by Gasteiger charge is -2.11. The fourth-order valence-corrected chi connectivity index (χ4v) is 2.65. The van der Waals surface area contributed by atoms with Gasteiger partial charge in [0.15, 0.2) is 0 Å². The van der Waals surface area contributed by atoms with E-state index in [1.807, 2.05) is 6.07 Å². The molecular weight excluding hydrogens is 260 g/mol. The van der Waals surface area contributed by atoms with Crippen molar-refractivity contribution in [3.8, 4) is 11.5 Å². The lowest BCUT2D eigenvalue weighted by Crippen LogP contribution is -1.93. The molecule has 19 heavy (non-hydrogen) atoms. The molecule has 0 amide bonds. The van der Waals surface area contributed by atoms with Gasteiger partial charge in [0.1, 0.15) is 11.5 Å². The number of halogens is 1. The molecule has 0 aromatic heterocycles. The Hall–Kier alpha value is -1.51. The van der Waals surface area contributed by atoms with Crippen LogP contribution in [-0.4, -0.2) is 5.11 Å². The zero-order chi connectivity index (χ0) is 13.2. The minimum Gasteiger partial charge on any atom is -0.457 e. The van der Waals surface area contributed by atoms with Crippen LogP contribution in [0.3, 0.4) is 0 Å². The van der Waals surface area contributed by atoms with Gasteiger partial charge in [-0.2, -0.15) is 0 Å². The second-order valence-corrected chi connectivity index (χ2v) is 5.23. The van der Waals surface area contributed by atoms with Crippen LogP contribution in [-0.2, 0) is 19.4 Å². The van der Waals surface area contributed by atoms with E-state index in [0.717, 1.165) is 24.2 Å². The lowest BCUT2D eigenvalue weighted by atomic mass is 10.1.